The van der Waals surface area contributed by atoms with Crippen LogP contribution in [0.2, 0.25) is 0 Å². The van der Waals surface area contributed by atoms with Crippen LogP contribution in [0.15, 0.2) is 30.4 Å². The molecule has 1 fully saturated rings. The summed E-state index contributed by atoms with van der Waals surface area (Å²) in [5.74, 6) is 2.01. The Kier molecular flexibility index (Phi) is 8.43. The number of aromatic amines is 1. The average molecular weight is 413 g/mol. The first-order valence-corrected chi connectivity index (χ1v) is 11.5. The fourth-order valence-corrected chi connectivity index (χ4v) is 4.82. The summed E-state index contributed by atoms with van der Waals surface area (Å²) in [5.41, 5.74) is 1.84. The quantitative estimate of drug-likeness (QED) is 0.465. The summed E-state index contributed by atoms with van der Waals surface area (Å²) in [4.78, 5) is 0. The topological polar surface area (TPSA) is 94.9 Å². The zero-order valence-electron chi connectivity index (χ0n) is 18.3. The van der Waals surface area contributed by atoms with Crippen molar-refractivity contribution in [1.29, 1.82) is 0 Å². The smallest absolute Gasteiger partial charge is 0.174 e. The van der Waals surface area contributed by atoms with Crippen molar-refractivity contribution in [2.75, 3.05) is 0 Å². The third-order valence-corrected chi connectivity index (χ3v) is 6.61. The first-order valence-electron chi connectivity index (χ1n) is 11.5. The van der Waals surface area contributed by atoms with E-state index in [2.05, 4.69) is 46.6 Å². The van der Waals surface area contributed by atoms with Crippen LogP contribution < -0.4 is 0 Å². The third kappa shape index (κ3) is 5.69. The summed E-state index contributed by atoms with van der Waals surface area (Å²) in [5, 5.41) is 35.5. The summed E-state index contributed by atoms with van der Waals surface area (Å²) >= 11 is 0. The highest BCUT2D eigenvalue weighted by molar-refractivity contribution is 5.44. The summed E-state index contributed by atoms with van der Waals surface area (Å²) in [6.07, 6.45) is 13.1. The number of phenolic OH excluding ortho intramolecular Hbond substituents is 1. The lowest BCUT2D eigenvalue weighted by Gasteiger charge is -2.21. The number of allylic oxidation sites excluding steroid dienone is 1. The minimum Gasteiger partial charge on any atom is -0.507 e. The molecule has 1 heterocycles. The summed E-state index contributed by atoms with van der Waals surface area (Å²) in [6.45, 7) is 4.52. The number of hydrogen-bond acceptors (Lipinski definition) is 5. The molecule has 30 heavy (non-hydrogen) atoms. The van der Waals surface area contributed by atoms with Crippen molar-refractivity contribution in [3.8, 4) is 5.75 Å². The van der Waals surface area contributed by atoms with Gasteiger partial charge in [-0.2, -0.15) is 5.21 Å². The number of H-pyrrole nitrogens is 1. The van der Waals surface area contributed by atoms with Crippen LogP contribution in [0.1, 0.15) is 81.7 Å². The van der Waals surface area contributed by atoms with Gasteiger partial charge in [0.1, 0.15) is 5.75 Å². The van der Waals surface area contributed by atoms with Gasteiger partial charge in [0.2, 0.25) is 0 Å². The number of aliphatic hydroxyl groups is 1. The zero-order chi connectivity index (χ0) is 21.3. The Morgan fingerprint density at radius 2 is 2.07 bits per heavy atom. The van der Waals surface area contributed by atoms with E-state index in [0.717, 1.165) is 36.3 Å². The predicted octanol–water partition coefficient (Wildman–Crippen LogP) is 4.71. The van der Waals surface area contributed by atoms with Crippen molar-refractivity contribution >= 4 is 0 Å². The molecule has 3 rings (SSSR count). The second-order valence-electron chi connectivity index (χ2n) is 8.58. The molecule has 6 nitrogen and oxygen atoms in total. The van der Waals surface area contributed by atoms with Crippen molar-refractivity contribution in [2.45, 2.75) is 83.7 Å². The van der Waals surface area contributed by atoms with Crippen LogP contribution in [-0.4, -0.2) is 36.9 Å². The lowest BCUT2D eigenvalue weighted by Crippen LogP contribution is -2.16. The molecule has 1 aliphatic carbocycles. The number of aromatic nitrogens is 4. The lowest BCUT2D eigenvalue weighted by atomic mass is 9.85. The van der Waals surface area contributed by atoms with Gasteiger partial charge in [-0.15, -0.1) is 10.2 Å². The van der Waals surface area contributed by atoms with Gasteiger partial charge in [0, 0.05) is 12.3 Å². The minimum absolute atomic E-state index is 0.0645. The van der Waals surface area contributed by atoms with Gasteiger partial charge in [0.15, 0.2) is 5.82 Å². The van der Waals surface area contributed by atoms with Crippen LogP contribution >= 0.6 is 0 Å². The molecule has 0 aliphatic heterocycles. The highest BCUT2D eigenvalue weighted by Gasteiger charge is 2.35. The number of nitrogens with zero attached hydrogens (tertiary/aromatic N) is 3. The molecule has 1 aromatic carbocycles. The Morgan fingerprint density at radius 3 is 2.80 bits per heavy atom. The van der Waals surface area contributed by atoms with Crippen LogP contribution in [0.25, 0.3) is 0 Å². The van der Waals surface area contributed by atoms with E-state index in [-0.39, 0.29) is 17.9 Å². The second-order valence-corrected chi connectivity index (χ2v) is 8.58. The molecular weight excluding hydrogens is 376 g/mol. The average Bonchev–Trinajstić information content (AvgIpc) is 3.39. The van der Waals surface area contributed by atoms with Crippen LogP contribution in [0, 0.1) is 11.8 Å². The molecule has 0 spiro atoms. The van der Waals surface area contributed by atoms with Gasteiger partial charge in [-0.25, -0.2) is 0 Å². The van der Waals surface area contributed by atoms with Gasteiger partial charge in [-0.05, 0) is 55.1 Å². The number of aryl methyl sites for hydroxylation is 2. The Labute approximate surface area is 179 Å². The van der Waals surface area contributed by atoms with Crippen molar-refractivity contribution in [2.24, 2.45) is 11.8 Å². The SMILES string of the molecule is CCCC(CC)CC/C=C/C1[C@H](O)CC[C@@H]1c1cccc(CCc2nn[nH]n2)c1O. The Morgan fingerprint density at radius 1 is 1.20 bits per heavy atom. The fourth-order valence-electron chi connectivity index (χ4n) is 4.82. The molecule has 0 radical (unpaired) electrons. The molecule has 6 heteroatoms. The molecule has 2 unspecified atom stereocenters. The van der Waals surface area contributed by atoms with Gasteiger partial charge in [-0.3, -0.25) is 0 Å². The van der Waals surface area contributed by atoms with Crippen molar-refractivity contribution in [3.05, 3.63) is 47.3 Å². The minimum atomic E-state index is -0.341. The largest absolute Gasteiger partial charge is 0.507 e. The number of hydrogen-bond donors (Lipinski definition) is 3. The fraction of sp³-hybridized carbons (Fsp3) is 0.625. The summed E-state index contributed by atoms with van der Waals surface area (Å²) < 4.78 is 0. The van der Waals surface area contributed by atoms with E-state index in [1.54, 1.807) is 0 Å². The van der Waals surface area contributed by atoms with Crippen LogP contribution in [0.5, 0.6) is 5.75 Å². The molecule has 4 atom stereocenters. The van der Waals surface area contributed by atoms with Crippen molar-refractivity contribution in [1.82, 2.24) is 20.6 Å². The predicted molar refractivity (Wildman–Crippen MR) is 118 cm³/mol. The Hall–Kier alpha value is -2.21. The van der Waals surface area contributed by atoms with E-state index < -0.39 is 0 Å². The number of nitrogens with one attached hydrogen (secondary N) is 1. The van der Waals surface area contributed by atoms with Crippen molar-refractivity contribution < 1.29 is 10.2 Å². The van der Waals surface area contributed by atoms with E-state index in [4.69, 9.17) is 0 Å². The summed E-state index contributed by atoms with van der Waals surface area (Å²) in [6, 6.07) is 5.96. The van der Waals surface area contributed by atoms with E-state index in [9.17, 15) is 10.2 Å². The number of phenols is 1. The second kappa shape index (κ2) is 11.3. The maximum atomic E-state index is 10.9. The van der Waals surface area contributed by atoms with Crippen LogP contribution in [0.4, 0.5) is 0 Å². The highest BCUT2D eigenvalue weighted by Crippen LogP contribution is 2.44. The monoisotopic (exact) mass is 412 g/mol. The van der Waals surface area contributed by atoms with E-state index in [1.165, 1.54) is 25.7 Å². The number of rotatable bonds is 11. The highest BCUT2D eigenvalue weighted by atomic mass is 16.3. The molecule has 3 N–H and O–H groups in total. The third-order valence-electron chi connectivity index (χ3n) is 6.61. The molecule has 1 aromatic heterocycles. The van der Waals surface area contributed by atoms with Crippen LogP contribution in [0.3, 0.4) is 0 Å². The van der Waals surface area contributed by atoms with Crippen LogP contribution in [-0.2, 0) is 12.8 Å². The number of aliphatic hydroxyl groups excluding tert-OH is 1. The van der Waals surface area contributed by atoms with E-state index in [1.807, 2.05) is 18.2 Å². The molecule has 164 valence electrons. The normalized spacial score (nSPS) is 22.7. The molecule has 0 amide bonds. The zero-order valence-corrected chi connectivity index (χ0v) is 18.3. The number of aromatic hydroxyl groups is 1. The Bertz CT molecular complexity index is 791. The van der Waals surface area contributed by atoms with Gasteiger partial charge in [0.25, 0.3) is 0 Å². The van der Waals surface area contributed by atoms with Gasteiger partial charge >= 0.3 is 0 Å². The maximum Gasteiger partial charge on any atom is 0.174 e. The van der Waals surface area contributed by atoms with E-state index >= 15 is 0 Å². The molecule has 2 aromatic rings. The number of para-hydroxylation sites is 1. The standard InChI is InChI=1S/C24H36N4O2/c1-3-8-17(4-2)9-5-6-11-20-19(14-15-22(20)29)21-12-7-10-18(24(21)30)13-16-23-25-27-28-26-23/h6-7,10-12,17,19-20,22,29-30H,3-5,8-9,13-16H2,1-2H3,(H,25,26,27,28)/b11-6+/t17?,19-,20?,22+/m0/s1. The number of benzene rings is 1. The first-order chi connectivity index (χ1) is 14.6. The molecule has 1 saturated carbocycles. The molecule has 1 aliphatic rings. The van der Waals surface area contributed by atoms with E-state index in [0.29, 0.717) is 24.4 Å². The lowest BCUT2D eigenvalue weighted by molar-refractivity contribution is 0.149. The van der Waals surface area contributed by atoms with Crippen molar-refractivity contribution in [3.63, 3.8) is 0 Å². The maximum absolute atomic E-state index is 10.9. The molecule has 0 saturated heterocycles. The Balaban J connectivity index is 1.66. The molecular formula is C24H36N4O2. The summed E-state index contributed by atoms with van der Waals surface area (Å²) in [7, 11) is 0. The molecule has 0 bridgehead atoms. The van der Waals surface area contributed by atoms with Gasteiger partial charge in [0.05, 0.1) is 6.10 Å². The number of tetrazole rings is 1. The first kappa shape index (κ1) is 22.5. The van der Waals surface area contributed by atoms with Gasteiger partial charge < -0.3 is 10.2 Å². The van der Waals surface area contributed by atoms with Gasteiger partial charge in [-0.1, -0.05) is 68.7 Å².